The van der Waals surface area contributed by atoms with Crippen LogP contribution in [0.5, 0.6) is 0 Å². The predicted octanol–water partition coefficient (Wildman–Crippen LogP) is 2.47. The third-order valence-electron chi connectivity index (χ3n) is 4.72. The van der Waals surface area contributed by atoms with Crippen LogP contribution in [-0.2, 0) is 15.4 Å². The highest BCUT2D eigenvalue weighted by Crippen LogP contribution is 2.26. The number of nitrogens with one attached hydrogen (secondary N) is 1. The lowest BCUT2D eigenvalue weighted by atomic mass is 9.85. The first-order chi connectivity index (χ1) is 10.2. The Balaban J connectivity index is 2.03. The lowest BCUT2D eigenvalue weighted by Gasteiger charge is -2.33. The lowest BCUT2D eigenvalue weighted by Crippen LogP contribution is -2.44. The van der Waals surface area contributed by atoms with Gasteiger partial charge in [-0.3, -0.25) is 0 Å². The molecule has 2 N–H and O–H groups in total. The fourth-order valence-corrected chi connectivity index (χ4v) is 3.74. The van der Waals surface area contributed by atoms with E-state index >= 15 is 0 Å². The second-order valence-electron chi connectivity index (χ2n) is 6.82. The van der Waals surface area contributed by atoms with E-state index in [1.165, 1.54) is 25.5 Å². The molecule has 0 aliphatic heterocycles. The topological polar surface area (TPSA) is 66.4 Å². The Kier molecular flexibility index (Phi) is 5.30. The van der Waals surface area contributed by atoms with Crippen molar-refractivity contribution in [3.63, 3.8) is 0 Å². The summed E-state index contributed by atoms with van der Waals surface area (Å²) < 4.78 is 23.0. The van der Waals surface area contributed by atoms with Crippen molar-refractivity contribution in [3.8, 4) is 0 Å². The Bertz CT molecular complexity index is 593. The van der Waals surface area contributed by atoms with E-state index in [0.717, 1.165) is 12.0 Å². The molecule has 0 aromatic heterocycles. The first-order valence-corrected chi connectivity index (χ1v) is 9.86. The fourth-order valence-electron chi connectivity index (χ4n) is 3.11. The highest BCUT2D eigenvalue weighted by molar-refractivity contribution is 7.90. The zero-order chi connectivity index (χ0) is 16.4. The third-order valence-corrected chi connectivity index (χ3v) is 5.85. The maximum absolute atomic E-state index is 11.5. The number of rotatable bonds is 5. The number of benzene rings is 1. The first-order valence-electron chi connectivity index (χ1n) is 7.96. The molecule has 0 spiro atoms. The van der Waals surface area contributed by atoms with Crippen LogP contribution in [0.4, 0.5) is 0 Å². The minimum atomic E-state index is -3.20. The molecule has 0 unspecified atom stereocenters. The second-order valence-corrected chi connectivity index (χ2v) is 8.84. The number of hydrogen-bond donors (Lipinski definition) is 2. The summed E-state index contributed by atoms with van der Waals surface area (Å²) in [4.78, 5) is 0.279. The van der Waals surface area contributed by atoms with Crippen LogP contribution in [0.1, 0.15) is 45.1 Å². The van der Waals surface area contributed by atoms with Gasteiger partial charge in [-0.25, -0.2) is 8.42 Å². The molecule has 1 saturated carbocycles. The molecule has 0 radical (unpaired) electrons. The molecule has 0 heterocycles. The molecule has 0 amide bonds. The van der Waals surface area contributed by atoms with Crippen molar-refractivity contribution in [1.82, 2.24) is 5.32 Å². The predicted molar refractivity (Wildman–Crippen MR) is 88.5 cm³/mol. The number of sulfone groups is 1. The molecule has 1 aliphatic carbocycles. The van der Waals surface area contributed by atoms with Gasteiger partial charge in [0.1, 0.15) is 0 Å². The third kappa shape index (κ3) is 4.31. The highest BCUT2D eigenvalue weighted by Gasteiger charge is 2.27. The Labute approximate surface area is 133 Å². The molecule has 3 atom stereocenters. The van der Waals surface area contributed by atoms with Gasteiger partial charge in [-0.2, -0.15) is 0 Å². The van der Waals surface area contributed by atoms with Crippen molar-refractivity contribution in [2.45, 2.75) is 56.1 Å². The van der Waals surface area contributed by atoms with Gasteiger partial charge in [0.2, 0.25) is 0 Å². The fraction of sp³-hybridized carbons (Fsp3) is 0.647. The van der Waals surface area contributed by atoms with Gasteiger partial charge in [0.05, 0.1) is 10.5 Å². The largest absolute Gasteiger partial charge is 0.384 e. The molecule has 1 aliphatic rings. The quantitative estimate of drug-likeness (QED) is 0.873. The maximum atomic E-state index is 11.5. The molecule has 124 valence electrons. The van der Waals surface area contributed by atoms with Crippen molar-refractivity contribution >= 4 is 9.84 Å². The molecule has 1 aromatic rings. The van der Waals surface area contributed by atoms with Gasteiger partial charge in [-0.05, 0) is 43.4 Å². The molecule has 22 heavy (non-hydrogen) atoms. The first kappa shape index (κ1) is 17.4. The summed E-state index contributed by atoms with van der Waals surface area (Å²) in [6, 6.07) is 6.96. The molecular formula is C17H27NO3S. The van der Waals surface area contributed by atoms with Crippen molar-refractivity contribution < 1.29 is 13.5 Å². The van der Waals surface area contributed by atoms with Crippen LogP contribution in [0.2, 0.25) is 0 Å². The summed E-state index contributed by atoms with van der Waals surface area (Å²) >= 11 is 0. The average Bonchev–Trinajstić information content (AvgIpc) is 2.46. The zero-order valence-corrected chi connectivity index (χ0v) is 14.5. The lowest BCUT2D eigenvalue weighted by molar-refractivity contribution is 0.0494. The summed E-state index contributed by atoms with van der Waals surface area (Å²) in [5.41, 5.74) is -0.274. The molecule has 0 saturated heterocycles. The normalized spacial score (nSPS) is 25.6. The van der Waals surface area contributed by atoms with Crippen LogP contribution in [0.15, 0.2) is 29.2 Å². The summed E-state index contributed by atoms with van der Waals surface area (Å²) in [6.07, 6.45) is 6.12. The van der Waals surface area contributed by atoms with Crippen LogP contribution in [-0.4, -0.2) is 32.4 Å². The summed E-state index contributed by atoms with van der Waals surface area (Å²) in [5, 5.41) is 14.2. The average molecular weight is 325 g/mol. The van der Waals surface area contributed by atoms with Gasteiger partial charge < -0.3 is 10.4 Å². The molecular weight excluding hydrogens is 298 g/mol. The summed E-state index contributed by atoms with van der Waals surface area (Å²) in [6.45, 7) is 4.50. The van der Waals surface area contributed by atoms with E-state index in [1.807, 2.05) is 0 Å². The van der Waals surface area contributed by atoms with Gasteiger partial charge in [0, 0.05) is 18.8 Å². The van der Waals surface area contributed by atoms with Crippen molar-refractivity contribution in [1.29, 1.82) is 0 Å². The van der Waals surface area contributed by atoms with Crippen molar-refractivity contribution in [2.24, 2.45) is 5.92 Å². The Morgan fingerprint density at radius 1 is 1.23 bits per heavy atom. The highest BCUT2D eigenvalue weighted by atomic mass is 32.2. The Morgan fingerprint density at radius 2 is 1.82 bits per heavy atom. The minimum absolute atomic E-state index is 0.279. The smallest absolute Gasteiger partial charge is 0.175 e. The van der Waals surface area contributed by atoms with E-state index < -0.39 is 15.4 Å². The number of hydrogen-bond acceptors (Lipinski definition) is 4. The van der Waals surface area contributed by atoms with E-state index in [0.29, 0.717) is 18.5 Å². The van der Waals surface area contributed by atoms with E-state index in [9.17, 15) is 13.5 Å². The second kappa shape index (κ2) is 6.69. The van der Waals surface area contributed by atoms with Gasteiger partial charge in [0.15, 0.2) is 9.84 Å². The van der Waals surface area contributed by atoms with Crippen LogP contribution < -0.4 is 5.32 Å². The SMILES string of the molecule is C[C@@H]1CCCC[C@H]1NC[C@@](C)(O)c1ccc(S(C)(=O)=O)cc1. The monoisotopic (exact) mass is 325 g/mol. The summed E-state index contributed by atoms with van der Waals surface area (Å²) in [7, 11) is -3.20. The molecule has 5 heteroatoms. The van der Waals surface area contributed by atoms with Gasteiger partial charge in [-0.15, -0.1) is 0 Å². The standard InChI is InChI=1S/C17H27NO3S/c1-13-6-4-5-7-16(13)18-12-17(2,19)14-8-10-15(11-9-14)22(3,20)21/h8-11,13,16,18-19H,4-7,12H2,1-3H3/t13-,16-,17-/m1/s1. The maximum Gasteiger partial charge on any atom is 0.175 e. The summed E-state index contributed by atoms with van der Waals surface area (Å²) in [5.74, 6) is 0.636. The molecule has 0 bridgehead atoms. The van der Waals surface area contributed by atoms with Gasteiger partial charge in [0.25, 0.3) is 0 Å². The van der Waals surface area contributed by atoms with E-state index in [2.05, 4.69) is 12.2 Å². The van der Waals surface area contributed by atoms with Crippen LogP contribution in [0.3, 0.4) is 0 Å². The van der Waals surface area contributed by atoms with Crippen LogP contribution in [0.25, 0.3) is 0 Å². The molecule has 1 aromatic carbocycles. The molecule has 1 fully saturated rings. The molecule has 4 nitrogen and oxygen atoms in total. The Hall–Kier alpha value is -0.910. The van der Waals surface area contributed by atoms with E-state index in [1.54, 1.807) is 31.2 Å². The van der Waals surface area contributed by atoms with E-state index in [-0.39, 0.29) is 4.90 Å². The van der Waals surface area contributed by atoms with Gasteiger partial charge in [-0.1, -0.05) is 31.9 Å². The minimum Gasteiger partial charge on any atom is -0.384 e. The van der Waals surface area contributed by atoms with Crippen molar-refractivity contribution in [2.75, 3.05) is 12.8 Å². The van der Waals surface area contributed by atoms with Crippen LogP contribution >= 0.6 is 0 Å². The zero-order valence-electron chi connectivity index (χ0n) is 13.7. The number of aliphatic hydroxyl groups is 1. The van der Waals surface area contributed by atoms with E-state index in [4.69, 9.17) is 0 Å². The van der Waals surface area contributed by atoms with Gasteiger partial charge >= 0.3 is 0 Å². The molecule has 2 rings (SSSR count). The van der Waals surface area contributed by atoms with Crippen LogP contribution in [0, 0.1) is 5.92 Å². The Morgan fingerprint density at radius 3 is 2.36 bits per heavy atom. The van der Waals surface area contributed by atoms with Crippen molar-refractivity contribution in [3.05, 3.63) is 29.8 Å².